The third kappa shape index (κ3) is 2.87. The molecule has 0 bridgehead atoms. The van der Waals surface area contributed by atoms with Crippen molar-refractivity contribution in [3.8, 4) is 0 Å². The zero-order valence-corrected chi connectivity index (χ0v) is 13.0. The standard InChI is InChI=1S/C17H25NO2/c1-5-12-8-7-9-13-10-14(17(19)20-6-2)15(11(3)4)18-16(12)13/h10-12H,5-9H2,1-4H3. The van der Waals surface area contributed by atoms with Gasteiger partial charge < -0.3 is 4.74 Å². The Labute approximate surface area is 121 Å². The number of aromatic nitrogens is 1. The lowest BCUT2D eigenvalue weighted by Crippen LogP contribution is -2.18. The van der Waals surface area contributed by atoms with Gasteiger partial charge in [-0.1, -0.05) is 20.8 Å². The van der Waals surface area contributed by atoms with Gasteiger partial charge in [-0.25, -0.2) is 4.79 Å². The maximum absolute atomic E-state index is 12.1. The van der Waals surface area contributed by atoms with Gasteiger partial charge in [0.1, 0.15) is 0 Å². The highest BCUT2D eigenvalue weighted by Gasteiger charge is 2.25. The molecule has 2 rings (SSSR count). The summed E-state index contributed by atoms with van der Waals surface area (Å²) in [4.78, 5) is 17.0. The van der Waals surface area contributed by atoms with Crippen molar-refractivity contribution in [2.24, 2.45) is 0 Å². The molecule has 3 heteroatoms. The van der Waals surface area contributed by atoms with E-state index in [1.165, 1.54) is 24.1 Å². The Balaban J connectivity index is 2.50. The van der Waals surface area contributed by atoms with Crippen molar-refractivity contribution < 1.29 is 9.53 Å². The Bertz CT molecular complexity index is 494. The van der Waals surface area contributed by atoms with Crippen molar-refractivity contribution in [3.63, 3.8) is 0 Å². The second-order valence-electron chi connectivity index (χ2n) is 5.84. The molecule has 3 nitrogen and oxygen atoms in total. The largest absolute Gasteiger partial charge is 0.462 e. The highest BCUT2D eigenvalue weighted by atomic mass is 16.5. The molecule has 0 N–H and O–H groups in total. The van der Waals surface area contributed by atoms with Gasteiger partial charge in [-0.15, -0.1) is 0 Å². The van der Waals surface area contributed by atoms with Crippen LogP contribution in [-0.2, 0) is 11.2 Å². The molecule has 0 saturated heterocycles. The molecule has 0 spiro atoms. The van der Waals surface area contributed by atoms with Crippen molar-refractivity contribution in [1.82, 2.24) is 4.98 Å². The van der Waals surface area contributed by atoms with Crippen LogP contribution in [0.1, 0.15) is 86.1 Å². The van der Waals surface area contributed by atoms with Gasteiger partial charge in [-0.3, -0.25) is 4.98 Å². The lowest BCUT2D eigenvalue weighted by Gasteiger charge is -2.26. The van der Waals surface area contributed by atoms with Gasteiger partial charge in [0, 0.05) is 11.6 Å². The predicted molar refractivity (Wildman–Crippen MR) is 80.3 cm³/mol. The van der Waals surface area contributed by atoms with Crippen LogP contribution in [0.2, 0.25) is 0 Å². The topological polar surface area (TPSA) is 39.2 Å². The Hall–Kier alpha value is -1.38. The number of fused-ring (bicyclic) bond motifs is 1. The Kier molecular flexibility index (Phi) is 4.79. The fourth-order valence-corrected chi connectivity index (χ4v) is 3.02. The van der Waals surface area contributed by atoms with E-state index in [1.807, 2.05) is 13.0 Å². The number of ether oxygens (including phenoxy) is 1. The Morgan fingerprint density at radius 2 is 2.20 bits per heavy atom. The smallest absolute Gasteiger partial charge is 0.339 e. The minimum absolute atomic E-state index is 0.231. The number of nitrogens with zero attached hydrogens (tertiary/aromatic N) is 1. The highest BCUT2D eigenvalue weighted by Crippen LogP contribution is 2.35. The van der Waals surface area contributed by atoms with Gasteiger partial charge >= 0.3 is 5.97 Å². The maximum Gasteiger partial charge on any atom is 0.339 e. The van der Waals surface area contributed by atoms with Crippen molar-refractivity contribution in [2.45, 2.75) is 65.2 Å². The van der Waals surface area contributed by atoms with Crippen LogP contribution in [0.15, 0.2) is 6.07 Å². The molecule has 1 aliphatic rings. The fourth-order valence-electron chi connectivity index (χ4n) is 3.02. The van der Waals surface area contributed by atoms with E-state index in [0.717, 1.165) is 18.5 Å². The predicted octanol–water partition coefficient (Wildman–Crippen LogP) is 4.21. The molecule has 0 saturated carbocycles. The molecule has 20 heavy (non-hydrogen) atoms. The van der Waals surface area contributed by atoms with E-state index in [4.69, 9.17) is 9.72 Å². The summed E-state index contributed by atoms with van der Waals surface area (Å²) >= 11 is 0. The van der Waals surface area contributed by atoms with Gasteiger partial charge in [-0.05, 0) is 50.2 Å². The Morgan fingerprint density at radius 3 is 2.80 bits per heavy atom. The summed E-state index contributed by atoms with van der Waals surface area (Å²) in [7, 11) is 0. The van der Waals surface area contributed by atoms with E-state index >= 15 is 0 Å². The summed E-state index contributed by atoms with van der Waals surface area (Å²) < 4.78 is 5.18. The van der Waals surface area contributed by atoms with Gasteiger partial charge in [0.05, 0.1) is 17.9 Å². The lowest BCUT2D eigenvalue weighted by atomic mass is 9.83. The number of carbonyl (C=O) groups excluding carboxylic acids is 1. The minimum Gasteiger partial charge on any atom is -0.462 e. The molecule has 0 radical (unpaired) electrons. The molecule has 0 aliphatic heterocycles. The van der Waals surface area contributed by atoms with Crippen LogP contribution >= 0.6 is 0 Å². The molecule has 0 amide bonds. The normalized spacial score (nSPS) is 17.9. The van der Waals surface area contributed by atoms with Crippen molar-refractivity contribution >= 4 is 5.97 Å². The van der Waals surface area contributed by atoms with Crippen molar-refractivity contribution in [1.29, 1.82) is 0 Å². The summed E-state index contributed by atoms with van der Waals surface area (Å²) in [5.74, 6) is 0.553. The molecule has 1 aromatic heterocycles. The average Bonchev–Trinajstić information content (AvgIpc) is 2.45. The van der Waals surface area contributed by atoms with Crippen molar-refractivity contribution in [2.75, 3.05) is 6.61 Å². The fraction of sp³-hybridized carbons (Fsp3) is 0.647. The van der Waals surface area contributed by atoms with E-state index in [0.29, 0.717) is 18.1 Å². The van der Waals surface area contributed by atoms with E-state index in [-0.39, 0.29) is 11.9 Å². The quantitative estimate of drug-likeness (QED) is 0.773. The van der Waals surface area contributed by atoms with Gasteiger partial charge in [-0.2, -0.15) is 0 Å². The molecule has 0 aromatic carbocycles. The summed E-state index contributed by atoms with van der Waals surface area (Å²) in [5.41, 5.74) is 4.02. The number of pyridine rings is 1. The van der Waals surface area contributed by atoms with E-state index in [9.17, 15) is 4.79 Å². The molecule has 1 heterocycles. The summed E-state index contributed by atoms with van der Waals surface area (Å²) in [6, 6.07) is 2.04. The van der Waals surface area contributed by atoms with E-state index in [2.05, 4.69) is 20.8 Å². The van der Waals surface area contributed by atoms with Crippen LogP contribution in [0.5, 0.6) is 0 Å². The second-order valence-corrected chi connectivity index (χ2v) is 5.84. The monoisotopic (exact) mass is 275 g/mol. The summed E-state index contributed by atoms with van der Waals surface area (Å²) in [6.45, 7) is 8.63. The minimum atomic E-state index is -0.231. The van der Waals surface area contributed by atoms with Gasteiger partial charge in [0.25, 0.3) is 0 Å². The summed E-state index contributed by atoms with van der Waals surface area (Å²) in [6.07, 6.45) is 4.56. The first-order chi connectivity index (χ1) is 9.58. The van der Waals surface area contributed by atoms with Crippen LogP contribution in [0.25, 0.3) is 0 Å². The lowest BCUT2D eigenvalue weighted by molar-refractivity contribution is 0.0523. The summed E-state index contributed by atoms with van der Waals surface area (Å²) in [5, 5.41) is 0. The van der Waals surface area contributed by atoms with E-state index in [1.54, 1.807) is 0 Å². The first-order valence-electron chi connectivity index (χ1n) is 7.79. The zero-order chi connectivity index (χ0) is 14.7. The molecule has 110 valence electrons. The molecule has 1 atom stereocenters. The molecule has 0 fully saturated rings. The first-order valence-corrected chi connectivity index (χ1v) is 7.79. The molecule has 1 aromatic rings. The van der Waals surface area contributed by atoms with Crippen LogP contribution in [0.4, 0.5) is 0 Å². The highest BCUT2D eigenvalue weighted by molar-refractivity contribution is 5.91. The molecular formula is C17H25NO2. The second kappa shape index (κ2) is 6.38. The zero-order valence-electron chi connectivity index (χ0n) is 13.0. The average molecular weight is 275 g/mol. The SMILES string of the molecule is CCOC(=O)c1cc2c(nc1C(C)C)C(CC)CCC2. The van der Waals surface area contributed by atoms with E-state index < -0.39 is 0 Å². The molecule has 1 unspecified atom stereocenters. The van der Waals surface area contributed by atoms with Crippen molar-refractivity contribution in [3.05, 3.63) is 28.6 Å². The number of hydrogen-bond donors (Lipinski definition) is 0. The van der Waals surface area contributed by atoms with Gasteiger partial charge in [0.15, 0.2) is 0 Å². The number of carbonyl (C=O) groups is 1. The number of aryl methyl sites for hydroxylation is 1. The number of rotatable bonds is 4. The molecular weight excluding hydrogens is 250 g/mol. The van der Waals surface area contributed by atoms with Crippen LogP contribution in [0.3, 0.4) is 0 Å². The van der Waals surface area contributed by atoms with Crippen LogP contribution < -0.4 is 0 Å². The van der Waals surface area contributed by atoms with Crippen LogP contribution in [-0.4, -0.2) is 17.6 Å². The van der Waals surface area contributed by atoms with Crippen LogP contribution in [0, 0.1) is 0 Å². The third-order valence-corrected chi connectivity index (χ3v) is 4.08. The maximum atomic E-state index is 12.1. The Morgan fingerprint density at radius 1 is 1.45 bits per heavy atom. The third-order valence-electron chi connectivity index (χ3n) is 4.08. The number of esters is 1. The number of hydrogen-bond acceptors (Lipinski definition) is 3. The molecule has 1 aliphatic carbocycles. The van der Waals surface area contributed by atoms with Gasteiger partial charge in [0.2, 0.25) is 0 Å². The first kappa shape index (κ1) is 15.0.